The first-order valence-electron chi connectivity index (χ1n) is 9.51. The van der Waals surface area contributed by atoms with Gasteiger partial charge in [-0.2, -0.15) is 0 Å². The van der Waals surface area contributed by atoms with Crippen LogP contribution in [0.1, 0.15) is 56.9 Å². The van der Waals surface area contributed by atoms with Crippen molar-refractivity contribution < 1.29 is 9.53 Å². The lowest BCUT2D eigenvalue weighted by atomic mass is 9.80. The average Bonchev–Trinajstić information content (AvgIpc) is 2.91. The molecule has 1 aliphatic carbocycles. The van der Waals surface area contributed by atoms with Crippen LogP contribution in [0, 0.1) is 5.92 Å². The summed E-state index contributed by atoms with van der Waals surface area (Å²) in [5.74, 6) is 0.782. The Morgan fingerprint density at radius 2 is 1.83 bits per heavy atom. The Labute approximate surface area is 144 Å². The van der Waals surface area contributed by atoms with E-state index in [0.29, 0.717) is 12.6 Å². The lowest BCUT2D eigenvalue weighted by Crippen LogP contribution is -2.44. The Morgan fingerprint density at radius 1 is 1.04 bits per heavy atom. The molecule has 2 unspecified atom stereocenters. The molecule has 0 radical (unpaired) electrons. The Kier molecular flexibility index (Phi) is 4.59. The van der Waals surface area contributed by atoms with Crippen LogP contribution >= 0.6 is 0 Å². The van der Waals surface area contributed by atoms with Crippen molar-refractivity contribution in [3.05, 3.63) is 47.5 Å². The third-order valence-electron chi connectivity index (χ3n) is 5.97. The maximum absolute atomic E-state index is 12.6. The van der Waals surface area contributed by atoms with E-state index in [2.05, 4.69) is 6.08 Å². The molecule has 2 aliphatic heterocycles. The second-order valence-electron chi connectivity index (χ2n) is 7.53. The number of ether oxygens (including phenoxy) is 1. The van der Waals surface area contributed by atoms with Gasteiger partial charge >= 0.3 is 6.09 Å². The van der Waals surface area contributed by atoms with Crippen LogP contribution in [0.15, 0.2) is 42.0 Å². The van der Waals surface area contributed by atoms with E-state index in [0.717, 1.165) is 30.7 Å². The van der Waals surface area contributed by atoms with Gasteiger partial charge in [0.2, 0.25) is 0 Å². The standard InChI is InChI=1S/C21H27NO2/c23-21(24-15-16-7-3-1-4-8-16)22-19-11-12-20(22)14-18(13-19)17-9-5-2-6-10-17/h1,3-4,7-8,13,17,19-20H,2,5-6,9-12,14-15H2. The van der Waals surface area contributed by atoms with Gasteiger partial charge in [0.05, 0.1) is 6.04 Å². The number of amides is 1. The molecule has 3 nitrogen and oxygen atoms in total. The molecule has 0 spiro atoms. The average molecular weight is 325 g/mol. The fourth-order valence-corrected chi connectivity index (χ4v) is 4.72. The molecule has 2 bridgehead atoms. The lowest BCUT2D eigenvalue weighted by Gasteiger charge is -2.36. The fourth-order valence-electron chi connectivity index (χ4n) is 4.72. The molecular weight excluding hydrogens is 298 g/mol. The second kappa shape index (κ2) is 7.00. The number of rotatable bonds is 3. The van der Waals surface area contributed by atoms with Crippen molar-refractivity contribution >= 4 is 6.09 Å². The minimum atomic E-state index is -0.134. The van der Waals surface area contributed by atoms with Crippen LogP contribution in [0.4, 0.5) is 4.79 Å². The quantitative estimate of drug-likeness (QED) is 0.726. The van der Waals surface area contributed by atoms with Crippen molar-refractivity contribution in [2.24, 2.45) is 5.92 Å². The van der Waals surface area contributed by atoms with Gasteiger partial charge in [-0.1, -0.05) is 61.2 Å². The molecule has 2 heterocycles. The molecule has 1 saturated heterocycles. The van der Waals surface area contributed by atoms with E-state index in [1.54, 1.807) is 5.57 Å². The zero-order valence-electron chi connectivity index (χ0n) is 14.3. The highest BCUT2D eigenvalue weighted by Gasteiger charge is 2.41. The van der Waals surface area contributed by atoms with E-state index in [4.69, 9.17) is 4.74 Å². The van der Waals surface area contributed by atoms with Crippen molar-refractivity contribution in [3.8, 4) is 0 Å². The molecule has 2 atom stereocenters. The zero-order valence-corrected chi connectivity index (χ0v) is 14.3. The van der Waals surface area contributed by atoms with Gasteiger partial charge in [0.1, 0.15) is 6.61 Å². The largest absolute Gasteiger partial charge is 0.445 e. The second-order valence-corrected chi connectivity index (χ2v) is 7.53. The van der Waals surface area contributed by atoms with Crippen LogP contribution in [0.3, 0.4) is 0 Å². The summed E-state index contributed by atoms with van der Waals surface area (Å²) in [6.07, 6.45) is 12.4. The third kappa shape index (κ3) is 3.22. The van der Waals surface area contributed by atoms with Crippen molar-refractivity contribution in [1.29, 1.82) is 0 Å². The first-order valence-corrected chi connectivity index (χ1v) is 9.51. The van der Waals surface area contributed by atoms with E-state index < -0.39 is 0 Å². The highest BCUT2D eigenvalue weighted by atomic mass is 16.6. The fraction of sp³-hybridized carbons (Fsp3) is 0.571. The molecule has 128 valence electrons. The van der Waals surface area contributed by atoms with Gasteiger partial charge in [-0.15, -0.1) is 0 Å². The van der Waals surface area contributed by atoms with Crippen LogP contribution < -0.4 is 0 Å². The first kappa shape index (κ1) is 15.7. The lowest BCUT2D eigenvalue weighted by molar-refractivity contribution is 0.0806. The van der Waals surface area contributed by atoms with Gasteiger partial charge < -0.3 is 4.74 Å². The molecule has 1 aromatic carbocycles. The minimum absolute atomic E-state index is 0.134. The summed E-state index contributed by atoms with van der Waals surface area (Å²) < 4.78 is 5.59. The molecule has 1 aromatic rings. The number of nitrogens with zero attached hydrogens (tertiary/aromatic N) is 1. The normalized spacial score (nSPS) is 27.0. The molecule has 3 aliphatic rings. The molecule has 24 heavy (non-hydrogen) atoms. The summed E-state index contributed by atoms with van der Waals surface area (Å²) in [6, 6.07) is 10.6. The van der Waals surface area contributed by atoms with Crippen LogP contribution in [-0.4, -0.2) is 23.1 Å². The molecule has 3 heteroatoms. The van der Waals surface area contributed by atoms with Gasteiger partial charge in [0.25, 0.3) is 0 Å². The van der Waals surface area contributed by atoms with Crippen LogP contribution in [0.5, 0.6) is 0 Å². The maximum Gasteiger partial charge on any atom is 0.410 e. The minimum Gasteiger partial charge on any atom is -0.445 e. The zero-order chi connectivity index (χ0) is 16.4. The van der Waals surface area contributed by atoms with Crippen molar-refractivity contribution in [2.75, 3.05) is 0 Å². The number of fused-ring (bicyclic) bond motifs is 2. The van der Waals surface area contributed by atoms with E-state index in [1.165, 1.54) is 32.1 Å². The number of carbonyl (C=O) groups excluding carboxylic acids is 1. The van der Waals surface area contributed by atoms with Crippen LogP contribution in [0.25, 0.3) is 0 Å². The van der Waals surface area contributed by atoms with E-state index >= 15 is 0 Å². The highest BCUT2D eigenvalue weighted by molar-refractivity contribution is 5.70. The Hall–Kier alpha value is -1.77. The van der Waals surface area contributed by atoms with E-state index in [-0.39, 0.29) is 12.1 Å². The molecule has 1 saturated carbocycles. The van der Waals surface area contributed by atoms with Crippen molar-refractivity contribution in [3.63, 3.8) is 0 Å². The van der Waals surface area contributed by atoms with Gasteiger partial charge in [0.15, 0.2) is 0 Å². The summed E-state index contributed by atoms with van der Waals surface area (Å²) >= 11 is 0. The molecule has 0 N–H and O–H groups in total. The van der Waals surface area contributed by atoms with Gasteiger partial charge in [-0.25, -0.2) is 4.79 Å². The summed E-state index contributed by atoms with van der Waals surface area (Å²) in [5, 5.41) is 0. The molecule has 4 rings (SSSR count). The summed E-state index contributed by atoms with van der Waals surface area (Å²) in [6.45, 7) is 0.370. The molecular formula is C21H27NO2. The van der Waals surface area contributed by atoms with Gasteiger partial charge in [-0.3, -0.25) is 4.90 Å². The van der Waals surface area contributed by atoms with E-state index in [1.807, 2.05) is 35.2 Å². The van der Waals surface area contributed by atoms with Crippen LogP contribution in [-0.2, 0) is 11.3 Å². The summed E-state index contributed by atoms with van der Waals surface area (Å²) in [5.41, 5.74) is 2.68. The van der Waals surface area contributed by atoms with Gasteiger partial charge in [0, 0.05) is 6.04 Å². The Bertz CT molecular complexity index is 604. The number of hydrogen-bond acceptors (Lipinski definition) is 2. The highest BCUT2D eigenvalue weighted by Crippen LogP contribution is 2.41. The van der Waals surface area contributed by atoms with Crippen molar-refractivity contribution in [1.82, 2.24) is 4.90 Å². The number of hydrogen-bond donors (Lipinski definition) is 0. The Balaban J connectivity index is 1.40. The SMILES string of the molecule is O=C(OCc1ccccc1)N1C2C=C(C3CCCCC3)CC1CC2. The predicted molar refractivity (Wildman–Crippen MR) is 94.6 cm³/mol. The monoisotopic (exact) mass is 325 g/mol. The number of carbonyl (C=O) groups is 1. The smallest absolute Gasteiger partial charge is 0.410 e. The topological polar surface area (TPSA) is 29.5 Å². The summed E-state index contributed by atoms with van der Waals surface area (Å²) in [4.78, 5) is 14.6. The van der Waals surface area contributed by atoms with E-state index in [9.17, 15) is 4.79 Å². The number of benzene rings is 1. The first-order chi connectivity index (χ1) is 11.8. The predicted octanol–water partition coefficient (Wildman–Crippen LogP) is 5.07. The molecule has 2 fully saturated rings. The Morgan fingerprint density at radius 3 is 2.58 bits per heavy atom. The summed E-state index contributed by atoms with van der Waals surface area (Å²) in [7, 11) is 0. The molecule has 0 aromatic heterocycles. The van der Waals surface area contributed by atoms with Gasteiger partial charge in [-0.05, 0) is 43.6 Å². The molecule has 1 amide bonds. The van der Waals surface area contributed by atoms with Crippen LogP contribution in [0.2, 0.25) is 0 Å². The maximum atomic E-state index is 12.6. The third-order valence-corrected chi connectivity index (χ3v) is 5.97. The van der Waals surface area contributed by atoms with Crippen molar-refractivity contribution in [2.45, 2.75) is 70.1 Å².